The maximum absolute atomic E-state index is 12.7. The highest BCUT2D eigenvalue weighted by atomic mass is 32.2. The summed E-state index contributed by atoms with van der Waals surface area (Å²) in [6, 6.07) is 9.05. The van der Waals surface area contributed by atoms with E-state index in [1.165, 1.54) is 11.2 Å². The highest BCUT2D eigenvalue weighted by Gasteiger charge is 2.30. The molecular weight excluding hydrogens is 370 g/mol. The van der Waals surface area contributed by atoms with Gasteiger partial charge in [0.25, 0.3) is 0 Å². The van der Waals surface area contributed by atoms with Crippen molar-refractivity contribution in [2.24, 2.45) is 5.92 Å². The van der Waals surface area contributed by atoms with E-state index < -0.39 is 15.8 Å². The van der Waals surface area contributed by atoms with Crippen LogP contribution in [0, 0.1) is 5.92 Å². The minimum absolute atomic E-state index is 0.125. The monoisotopic (exact) mass is 391 g/mol. The number of carbonyl (C=O) groups is 2. The van der Waals surface area contributed by atoms with Crippen LogP contribution in [-0.4, -0.2) is 58.4 Å². The summed E-state index contributed by atoms with van der Waals surface area (Å²) in [7, 11) is -3.25. The smallest absolute Gasteiger partial charge is 0.231 e. The van der Waals surface area contributed by atoms with Gasteiger partial charge in [0.1, 0.15) is 22.0 Å². The minimum atomic E-state index is -3.25. The van der Waals surface area contributed by atoms with Gasteiger partial charge >= 0.3 is 0 Å². The second kappa shape index (κ2) is 7.87. The highest BCUT2D eigenvalue weighted by molar-refractivity contribution is 7.90. The van der Waals surface area contributed by atoms with Crippen molar-refractivity contribution in [2.75, 3.05) is 23.9 Å². The quantitative estimate of drug-likeness (QED) is 0.785. The molecule has 1 atom stereocenters. The average Bonchev–Trinajstić information content (AvgIpc) is 2.97. The first-order valence-corrected chi connectivity index (χ1v) is 10.6. The number of anilines is 1. The van der Waals surface area contributed by atoms with Crippen molar-refractivity contribution < 1.29 is 18.0 Å². The van der Waals surface area contributed by atoms with Crippen LogP contribution in [0.4, 0.5) is 5.69 Å². The molecule has 0 fully saturated rings. The van der Waals surface area contributed by atoms with Crippen LogP contribution in [0.15, 0.2) is 36.7 Å². The topological polar surface area (TPSA) is 114 Å². The standard InChI is InChI=1S/C17H21N5O4S/c1-27(25,26)8-7-16(23)21-9-13(10-22-15(11-21)18-12-19-22)17(24)20-14-5-3-2-4-6-14/h2-6,12-13H,7-11H2,1H3,(H,20,24). The molecular formula is C17H21N5O4S. The van der Waals surface area contributed by atoms with Crippen molar-refractivity contribution in [3.05, 3.63) is 42.5 Å². The Morgan fingerprint density at radius 1 is 1.22 bits per heavy atom. The molecule has 1 N–H and O–H groups in total. The molecule has 2 aromatic rings. The van der Waals surface area contributed by atoms with E-state index in [-0.39, 0.29) is 37.1 Å². The van der Waals surface area contributed by atoms with E-state index in [1.54, 1.807) is 16.8 Å². The van der Waals surface area contributed by atoms with Crippen molar-refractivity contribution in [1.29, 1.82) is 0 Å². The van der Waals surface area contributed by atoms with Gasteiger partial charge in [0.2, 0.25) is 11.8 Å². The predicted octanol–water partition coefficient (Wildman–Crippen LogP) is 0.310. The first-order chi connectivity index (χ1) is 12.8. The van der Waals surface area contributed by atoms with Crippen molar-refractivity contribution in [2.45, 2.75) is 19.5 Å². The second-order valence-electron chi connectivity index (χ2n) is 6.56. The predicted molar refractivity (Wildman–Crippen MR) is 98.3 cm³/mol. The summed E-state index contributed by atoms with van der Waals surface area (Å²) in [5.74, 6) is -0.747. The van der Waals surface area contributed by atoms with Gasteiger partial charge in [-0.05, 0) is 12.1 Å². The Labute approximate surface area is 157 Å². The summed E-state index contributed by atoms with van der Waals surface area (Å²) in [5, 5.41) is 6.97. The van der Waals surface area contributed by atoms with Gasteiger partial charge in [-0.2, -0.15) is 5.10 Å². The zero-order valence-corrected chi connectivity index (χ0v) is 15.7. The molecule has 10 heteroatoms. The first kappa shape index (κ1) is 19.0. The summed E-state index contributed by atoms with van der Waals surface area (Å²) in [6.07, 6.45) is 2.35. The van der Waals surface area contributed by atoms with Crippen LogP contribution in [0.1, 0.15) is 12.2 Å². The molecule has 144 valence electrons. The molecule has 9 nitrogen and oxygen atoms in total. The lowest BCUT2D eigenvalue weighted by Crippen LogP contribution is -2.39. The molecule has 1 aromatic carbocycles. The highest BCUT2D eigenvalue weighted by Crippen LogP contribution is 2.17. The number of sulfone groups is 1. The maximum Gasteiger partial charge on any atom is 0.231 e. The maximum atomic E-state index is 12.7. The number of rotatable bonds is 5. The second-order valence-corrected chi connectivity index (χ2v) is 8.82. The van der Waals surface area contributed by atoms with Gasteiger partial charge in [0, 0.05) is 24.9 Å². The van der Waals surface area contributed by atoms with Crippen molar-refractivity contribution in [3.8, 4) is 0 Å². The summed E-state index contributed by atoms with van der Waals surface area (Å²) >= 11 is 0. The van der Waals surface area contributed by atoms with Gasteiger partial charge in [-0.1, -0.05) is 18.2 Å². The number of hydrogen-bond acceptors (Lipinski definition) is 6. The van der Waals surface area contributed by atoms with Crippen LogP contribution < -0.4 is 5.32 Å². The number of carbonyl (C=O) groups excluding carboxylic acids is 2. The Bertz CT molecular complexity index is 926. The largest absolute Gasteiger partial charge is 0.334 e. The van der Waals surface area contributed by atoms with E-state index in [4.69, 9.17) is 0 Å². The van der Waals surface area contributed by atoms with Crippen LogP contribution in [0.25, 0.3) is 0 Å². The molecule has 1 unspecified atom stereocenters. The summed E-state index contributed by atoms with van der Waals surface area (Å²) < 4.78 is 24.3. The number of fused-ring (bicyclic) bond motifs is 1. The fraction of sp³-hybridized carbons (Fsp3) is 0.412. The SMILES string of the molecule is CS(=O)(=O)CCC(=O)N1Cc2ncnn2CC(C(=O)Nc2ccccc2)C1. The Morgan fingerprint density at radius 3 is 2.67 bits per heavy atom. The Hall–Kier alpha value is -2.75. The van der Waals surface area contributed by atoms with Crippen LogP contribution in [0.5, 0.6) is 0 Å². The number of hydrogen-bond donors (Lipinski definition) is 1. The first-order valence-electron chi connectivity index (χ1n) is 8.50. The Morgan fingerprint density at radius 2 is 1.96 bits per heavy atom. The zero-order valence-electron chi connectivity index (χ0n) is 14.9. The third-order valence-corrected chi connectivity index (χ3v) is 5.26. The fourth-order valence-corrected chi connectivity index (χ4v) is 3.43. The Balaban J connectivity index is 1.76. The lowest BCUT2D eigenvalue weighted by atomic mass is 10.1. The van der Waals surface area contributed by atoms with E-state index in [2.05, 4.69) is 15.4 Å². The van der Waals surface area contributed by atoms with Crippen molar-refractivity contribution in [1.82, 2.24) is 19.7 Å². The van der Waals surface area contributed by atoms with Crippen molar-refractivity contribution in [3.63, 3.8) is 0 Å². The molecule has 1 aliphatic heterocycles. The molecule has 2 amide bonds. The Kier molecular flexibility index (Phi) is 5.54. The third-order valence-electron chi connectivity index (χ3n) is 4.31. The van der Waals surface area contributed by atoms with Crippen LogP contribution in [0.2, 0.25) is 0 Å². The third kappa shape index (κ3) is 5.13. The van der Waals surface area contributed by atoms with E-state index >= 15 is 0 Å². The van der Waals surface area contributed by atoms with Crippen molar-refractivity contribution >= 4 is 27.3 Å². The van der Waals surface area contributed by atoms with Gasteiger partial charge in [0.05, 0.1) is 24.8 Å². The van der Waals surface area contributed by atoms with Gasteiger partial charge in [0.15, 0.2) is 0 Å². The van der Waals surface area contributed by atoms with E-state index in [1.807, 2.05) is 18.2 Å². The van der Waals surface area contributed by atoms with Gasteiger partial charge in [-0.25, -0.2) is 18.1 Å². The van der Waals surface area contributed by atoms with Gasteiger partial charge in [-0.3, -0.25) is 9.59 Å². The molecule has 0 spiro atoms. The number of nitrogens with zero attached hydrogens (tertiary/aromatic N) is 4. The fourth-order valence-electron chi connectivity index (χ4n) is 2.88. The molecule has 2 heterocycles. The summed E-state index contributed by atoms with van der Waals surface area (Å²) in [6.45, 7) is 0.661. The lowest BCUT2D eigenvalue weighted by molar-refractivity contribution is -0.132. The molecule has 0 saturated carbocycles. The normalized spacial score (nSPS) is 17.1. The number of para-hydroxylation sites is 1. The molecule has 0 saturated heterocycles. The molecule has 0 radical (unpaired) electrons. The molecule has 0 aliphatic carbocycles. The van der Waals surface area contributed by atoms with Gasteiger partial charge in [-0.15, -0.1) is 0 Å². The molecule has 1 aliphatic rings. The minimum Gasteiger partial charge on any atom is -0.334 e. The van der Waals surface area contributed by atoms with Gasteiger partial charge < -0.3 is 10.2 Å². The van der Waals surface area contributed by atoms with E-state index in [0.717, 1.165) is 6.26 Å². The van der Waals surface area contributed by atoms with Crippen LogP contribution in [0.3, 0.4) is 0 Å². The lowest BCUT2D eigenvalue weighted by Gasteiger charge is -2.23. The average molecular weight is 391 g/mol. The molecule has 0 bridgehead atoms. The number of nitrogens with one attached hydrogen (secondary N) is 1. The molecule has 27 heavy (non-hydrogen) atoms. The van der Waals surface area contributed by atoms with Crippen LogP contribution in [-0.2, 0) is 32.5 Å². The molecule has 3 rings (SSSR count). The zero-order chi connectivity index (χ0) is 19.4. The number of aromatic nitrogens is 3. The number of amides is 2. The van der Waals surface area contributed by atoms with E-state index in [0.29, 0.717) is 18.1 Å². The molecule has 1 aromatic heterocycles. The summed E-state index contributed by atoms with van der Waals surface area (Å²) in [5.41, 5.74) is 0.667. The number of benzene rings is 1. The van der Waals surface area contributed by atoms with E-state index in [9.17, 15) is 18.0 Å². The summed E-state index contributed by atoms with van der Waals surface area (Å²) in [4.78, 5) is 30.9. The van der Waals surface area contributed by atoms with Crippen LogP contribution >= 0.6 is 0 Å².